The zero-order valence-electron chi connectivity index (χ0n) is 13.6. The molecule has 0 aromatic heterocycles. The van der Waals surface area contributed by atoms with Crippen LogP contribution in [0.4, 0.5) is 4.79 Å². The molecule has 5 nitrogen and oxygen atoms in total. The molecule has 21 heavy (non-hydrogen) atoms. The van der Waals surface area contributed by atoms with Gasteiger partial charge in [0.05, 0.1) is 0 Å². The minimum Gasteiger partial charge on any atom is -0.481 e. The largest absolute Gasteiger partial charge is 0.481 e. The minimum atomic E-state index is -0.753. The lowest BCUT2D eigenvalue weighted by molar-refractivity contribution is -0.137. The van der Waals surface area contributed by atoms with Crippen LogP contribution in [0.1, 0.15) is 59.3 Å². The number of aliphatic carboxylic acids is 1. The molecule has 2 atom stereocenters. The van der Waals surface area contributed by atoms with Crippen LogP contribution in [0.5, 0.6) is 0 Å². The van der Waals surface area contributed by atoms with E-state index in [-0.39, 0.29) is 18.5 Å². The monoisotopic (exact) mass is 298 g/mol. The smallest absolute Gasteiger partial charge is 0.317 e. The number of amides is 2. The van der Waals surface area contributed by atoms with Crippen molar-refractivity contribution in [2.75, 3.05) is 13.1 Å². The molecule has 0 aromatic carbocycles. The number of carbonyl (C=O) groups excluding carboxylic acids is 1. The Labute approximate surface area is 128 Å². The number of rotatable bonds is 8. The van der Waals surface area contributed by atoms with Gasteiger partial charge in [-0.05, 0) is 38.0 Å². The van der Waals surface area contributed by atoms with Crippen LogP contribution in [0.2, 0.25) is 0 Å². The maximum absolute atomic E-state index is 12.1. The topological polar surface area (TPSA) is 69.6 Å². The van der Waals surface area contributed by atoms with Crippen LogP contribution in [0.3, 0.4) is 0 Å². The molecule has 2 amide bonds. The Morgan fingerprint density at radius 1 is 1.29 bits per heavy atom. The molecule has 1 aliphatic rings. The molecule has 0 bridgehead atoms. The highest BCUT2D eigenvalue weighted by atomic mass is 16.4. The van der Waals surface area contributed by atoms with Gasteiger partial charge in [0.2, 0.25) is 0 Å². The van der Waals surface area contributed by atoms with Crippen molar-refractivity contribution in [1.29, 1.82) is 0 Å². The quantitative estimate of drug-likeness (QED) is 0.723. The molecule has 1 aliphatic heterocycles. The first-order chi connectivity index (χ1) is 9.88. The van der Waals surface area contributed by atoms with Gasteiger partial charge in [0, 0.05) is 25.6 Å². The van der Waals surface area contributed by atoms with E-state index in [2.05, 4.69) is 26.1 Å². The Bertz CT molecular complexity index is 344. The molecule has 1 heterocycles. The maximum Gasteiger partial charge on any atom is 0.317 e. The average molecular weight is 298 g/mol. The second kappa shape index (κ2) is 8.90. The molecule has 0 radical (unpaired) electrons. The number of likely N-dealkylation sites (tertiary alicyclic amines) is 1. The zero-order chi connectivity index (χ0) is 15.8. The highest BCUT2D eigenvalue weighted by Gasteiger charge is 2.26. The van der Waals surface area contributed by atoms with Crippen molar-refractivity contribution in [3.63, 3.8) is 0 Å². The predicted octanol–water partition coefficient (Wildman–Crippen LogP) is 3.10. The van der Waals surface area contributed by atoms with Gasteiger partial charge in [-0.25, -0.2) is 4.79 Å². The fourth-order valence-corrected chi connectivity index (χ4v) is 2.79. The van der Waals surface area contributed by atoms with E-state index in [1.54, 1.807) is 0 Å². The summed E-state index contributed by atoms with van der Waals surface area (Å²) in [4.78, 5) is 24.5. The number of urea groups is 1. The third kappa shape index (κ3) is 7.34. The zero-order valence-corrected chi connectivity index (χ0v) is 13.6. The Morgan fingerprint density at radius 3 is 2.62 bits per heavy atom. The van der Waals surface area contributed by atoms with Gasteiger partial charge in [-0.15, -0.1) is 0 Å². The van der Waals surface area contributed by atoms with Gasteiger partial charge < -0.3 is 15.3 Å². The first-order valence-corrected chi connectivity index (χ1v) is 8.15. The highest BCUT2D eigenvalue weighted by molar-refractivity contribution is 5.74. The van der Waals surface area contributed by atoms with E-state index >= 15 is 0 Å². The summed E-state index contributed by atoms with van der Waals surface area (Å²) in [5.74, 6) is 0.293. The molecule has 5 heteroatoms. The molecule has 2 N–H and O–H groups in total. The third-order valence-corrected chi connectivity index (χ3v) is 4.13. The van der Waals surface area contributed by atoms with E-state index in [9.17, 15) is 9.59 Å². The summed E-state index contributed by atoms with van der Waals surface area (Å²) in [5, 5.41) is 11.7. The minimum absolute atomic E-state index is 0.00451. The molecular formula is C16H30N2O3. The first kappa shape index (κ1) is 17.8. The number of nitrogens with one attached hydrogen (secondary N) is 1. The van der Waals surface area contributed by atoms with Crippen molar-refractivity contribution in [2.45, 2.75) is 65.3 Å². The van der Waals surface area contributed by atoms with Crippen molar-refractivity contribution in [3.05, 3.63) is 0 Å². The summed E-state index contributed by atoms with van der Waals surface area (Å²) < 4.78 is 0. The Balaban J connectivity index is 2.22. The van der Waals surface area contributed by atoms with E-state index in [4.69, 9.17) is 5.11 Å². The van der Waals surface area contributed by atoms with Crippen LogP contribution in [0.25, 0.3) is 0 Å². The lowest BCUT2D eigenvalue weighted by Crippen LogP contribution is -2.42. The molecule has 122 valence electrons. The Kier molecular flexibility index (Phi) is 7.54. The van der Waals surface area contributed by atoms with Gasteiger partial charge >= 0.3 is 12.0 Å². The Morgan fingerprint density at radius 2 is 2.00 bits per heavy atom. The standard InChI is InChI=1S/C16H30N2O3/c1-12(2)5-4-6-13(3)17-16(21)18-10-9-14(11-18)7-8-15(19)20/h12-14H,4-11H2,1-3H3,(H,17,21)(H,19,20). The lowest BCUT2D eigenvalue weighted by atomic mass is 10.0. The van der Waals surface area contributed by atoms with Crippen molar-refractivity contribution < 1.29 is 14.7 Å². The molecule has 1 fully saturated rings. The summed E-state index contributed by atoms with van der Waals surface area (Å²) >= 11 is 0. The van der Waals surface area contributed by atoms with Gasteiger partial charge in [0.15, 0.2) is 0 Å². The number of carboxylic acids is 1. The van der Waals surface area contributed by atoms with Crippen LogP contribution in [-0.4, -0.2) is 41.1 Å². The molecular weight excluding hydrogens is 268 g/mol. The number of carboxylic acid groups (broad SMARTS) is 1. The first-order valence-electron chi connectivity index (χ1n) is 8.15. The normalized spacial score (nSPS) is 19.8. The van der Waals surface area contributed by atoms with E-state index in [1.165, 1.54) is 6.42 Å². The number of hydrogen-bond acceptors (Lipinski definition) is 2. The van der Waals surface area contributed by atoms with Gasteiger partial charge in [0.25, 0.3) is 0 Å². The summed E-state index contributed by atoms with van der Waals surface area (Å²) in [6, 6.07) is 0.208. The van der Waals surface area contributed by atoms with Crippen LogP contribution in [0.15, 0.2) is 0 Å². The predicted molar refractivity (Wildman–Crippen MR) is 83.2 cm³/mol. The van der Waals surface area contributed by atoms with Crippen LogP contribution in [-0.2, 0) is 4.79 Å². The third-order valence-electron chi connectivity index (χ3n) is 4.13. The SMILES string of the molecule is CC(C)CCCC(C)NC(=O)N1CCC(CCC(=O)O)C1. The Hall–Kier alpha value is -1.26. The second-order valence-corrected chi connectivity index (χ2v) is 6.71. The van der Waals surface area contributed by atoms with E-state index in [1.807, 2.05) is 4.90 Å². The van der Waals surface area contributed by atoms with Gasteiger partial charge in [0.1, 0.15) is 0 Å². The van der Waals surface area contributed by atoms with Crippen molar-refractivity contribution in [1.82, 2.24) is 10.2 Å². The fourth-order valence-electron chi connectivity index (χ4n) is 2.79. The summed E-state index contributed by atoms with van der Waals surface area (Å²) in [6.07, 6.45) is 5.14. The summed E-state index contributed by atoms with van der Waals surface area (Å²) in [6.45, 7) is 7.92. The average Bonchev–Trinajstić information content (AvgIpc) is 2.84. The second-order valence-electron chi connectivity index (χ2n) is 6.71. The maximum atomic E-state index is 12.1. The molecule has 0 aromatic rings. The highest BCUT2D eigenvalue weighted by Crippen LogP contribution is 2.21. The van der Waals surface area contributed by atoms with Crippen molar-refractivity contribution in [3.8, 4) is 0 Å². The summed E-state index contributed by atoms with van der Waals surface area (Å²) in [5.41, 5.74) is 0. The van der Waals surface area contributed by atoms with Crippen LogP contribution in [0, 0.1) is 11.8 Å². The lowest BCUT2D eigenvalue weighted by Gasteiger charge is -2.21. The molecule has 0 spiro atoms. The molecule has 0 saturated carbocycles. The van der Waals surface area contributed by atoms with E-state index in [0.717, 1.165) is 25.8 Å². The van der Waals surface area contributed by atoms with Crippen LogP contribution < -0.4 is 5.32 Å². The fraction of sp³-hybridized carbons (Fsp3) is 0.875. The molecule has 2 unspecified atom stereocenters. The van der Waals surface area contributed by atoms with Gasteiger partial charge in [-0.3, -0.25) is 4.79 Å². The van der Waals surface area contributed by atoms with Crippen molar-refractivity contribution in [2.24, 2.45) is 11.8 Å². The van der Waals surface area contributed by atoms with E-state index < -0.39 is 5.97 Å². The number of carbonyl (C=O) groups is 2. The number of nitrogens with zero attached hydrogens (tertiary/aromatic N) is 1. The molecule has 0 aliphatic carbocycles. The summed E-state index contributed by atoms with van der Waals surface area (Å²) in [7, 11) is 0. The number of hydrogen-bond donors (Lipinski definition) is 2. The molecule has 1 saturated heterocycles. The van der Waals surface area contributed by atoms with Gasteiger partial charge in [-0.1, -0.05) is 26.7 Å². The molecule has 1 rings (SSSR count). The van der Waals surface area contributed by atoms with Crippen molar-refractivity contribution >= 4 is 12.0 Å². The van der Waals surface area contributed by atoms with E-state index in [0.29, 0.717) is 24.8 Å². The van der Waals surface area contributed by atoms with Crippen LogP contribution >= 0.6 is 0 Å². The van der Waals surface area contributed by atoms with Gasteiger partial charge in [-0.2, -0.15) is 0 Å².